The summed E-state index contributed by atoms with van der Waals surface area (Å²) < 4.78 is 0. The molecule has 0 saturated carbocycles. The molecule has 0 radical (unpaired) electrons. The first kappa shape index (κ1) is 21.2. The van der Waals surface area contributed by atoms with Crippen LogP contribution in [0.15, 0.2) is 48.5 Å². The summed E-state index contributed by atoms with van der Waals surface area (Å²) in [5, 5.41) is 3.86. The molecule has 0 bridgehead atoms. The highest BCUT2D eigenvalue weighted by molar-refractivity contribution is 6.30. The highest BCUT2D eigenvalue weighted by atomic mass is 35.5. The van der Waals surface area contributed by atoms with E-state index in [-0.39, 0.29) is 5.91 Å². The molecule has 2 aliphatic rings. The van der Waals surface area contributed by atoms with Gasteiger partial charge in [0.05, 0.1) is 6.54 Å². The third-order valence-corrected chi connectivity index (χ3v) is 6.55. The second-order valence-electron chi connectivity index (χ2n) is 8.63. The van der Waals surface area contributed by atoms with Gasteiger partial charge in [-0.05, 0) is 80.1 Å². The quantitative estimate of drug-likeness (QED) is 0.683. The first-order chi connectivity index (χ1) is 14.7. The number of piperidine rings is 1. The minimum absolute atomic E-state index is 0.0595. The van der Waals surface area contributed by atoms with Gasteiger partial charge in [-0.15, -0.1) is 0 Å². The predicted octanol–water partition coefficient (Wildman–Crippen LogP) is 5.54. The highest BCUT2D eigenvalue weighted by Gasteiger charge is 2.23. The molecule has 5 heteroatoms. The molecule has 4 nitrogen and oxygen atoms in total. The third kappa shape index (κ3) is 5.77. The number of carbonyl (C=O) groups excluding carboxylic acids is 1. The molecule has 2 saturated heterocycles. The molecule has 1 amide bonds. The molecule has 0 aliphatic carbocycles. The molecular formula is C25H32ClN3O. The minimum atomic E-state index is 0.0595. The Morgan fingerprint density at radius 2 is 1.73 bits per heavy atom. The molecule has 1 atom stereocenters. The zero-order valence-corrected chi connectivity index (χ0v) is 18.4. The normalized spacial score (nSPS) is 20.6. The summed E-state index contributed by atoms with van der Waals surface area (Å²) in [5.74, 6) is 0.502. The number of hydrogen-bond donors (Lipinski definition) is 1. The Bertz CT molecular complexity index is 831. The van der Waals surface area contributed by atoms with Crippen molar-refractivity contribution in [3.8, 4) is 0 Å². The van der Waals surface area contributed by atoms with Crippen LogP contribution in [0.25, 0.3) is 0 Å². The number of likely N-dealkylation sites (tertiary alicyclic amines) is 1. The summed E-state index contributed by atoms with van der Waals surface area (Å²) in [6.45, 7) is 4.58. The van der Waals surface area contributed by atoms with E-state index in [2.05, 4.69) is 39.4 Å². The minimum Gasteiger partial charge on any atom is -0.372 e. The van der Waals surface area contributed by atoms with E-state index in [9.17, 15) is 4.79 Å². The second kappa shape index (κ2) is 10.3. The van der Waals surface area contributed by atoms with Crippen LogP contribution in [0.4, 0.5) is 11.4 Å². The summed E-state index contributed by atoms with van der Waals surface area (Å²) >= 11 is 6.16. The van der Waals surface area contributed by atoms with Crippen LogP contribution in [0.2, 0.25) is 5.02 Å². The van der Waals surface area contributed by atoms with E-state index in [1.807, 2.05) is 24.3 Å². The van der Waals surface area contributed by atoms with Gasteiger partial charge in [0.25, 0.3) is 0 Å². The van der Waals surface area contributed by atoms with Crippen molar-refractivity contribution in [3.05, 3.63) is 59.1 Å². The lowest BCUT2D eigenvalue weighted by Gasteiger charge is -2.32. The topological polar surface area (TPSA) is 35.6 Å². The summed E-state index contributed by atoms with van der Waals surface area (Å²) in [4.78, 5) is 17.3. The fourth-order valence-electron chi connectivity index (χ4n) is 4.72. The fraction of sp³-hybridized carbons (Fsp3) is 0.480. The van der Waals surface area contributed by atoms with Crippen molar-refractivity contribution in [1.82, 2.24) is 4.90 Å². The van der Waals surface area contributed by atoms with Gasteiger partial charge in [-0.25, -0.2) is 0 Å². The number of halogens is 1. The van der Waals surface area contributed by atoms with Crippen molar-refractivity contribution < 1.29 is 4.79 Å². The number of nitrogens with zero attached hydrogens (tertiary/aromatic N) is 2. The monoisotopic (exact) mass is 425 g/mol. The fourth-order valence-corrected chi connectivity index (χ4v) is 4.92. The summed E-state index contributed by atoms with van der Waals surface area (Å²) in [5.41, 5.74) is 3.41. The smallest absolute Gasteiger partial charge is 0.238 e. The standard InChI is InChI=1S/C25H32ClN3O/c26-22-9-5-7-20(17-22)21-8-6-14-28(18-21)19-25(30)27-23-10-12-24(13-11-23)29-15-3-1-2-4-16-29/h5,7,9-13,17,21H,1-4,6,8,14-16,18-19H2,(H,27,30). The van der Waals surface area contributed by atoms with Gasteiger partial charge in [0.2, 0.25) is 5.91 Å². The van der Waals surface area contributed by atoms with Crippen LogP contribution in [0.5, 0.6) is 0 Å². The van der Waals surface area contributed by atoms with Crippen LogP contribution in [0, 0.1) is 0 Å². The number of anilines is 2. The Morgan fingerprint density at radius 1 is 0.967 bits per heavy atom. The largest absolute Gasteiger partial charge is 0.372 e. The van der Waals surface area contributed by atoms with E-state index in [4.69, 9.17) is 11.6 Å². The van der Waals surface area contributed by atoms with Gasteiger partial charge in [0, 0.05) is 36.0 Å². The molecule has 1 N–H and O–H groups in total. The number of benzene rings is 2. The number of rotatable bonds is 5. The van der Waals surface area contributed by atoms with Crippen LogP contribution in [0.1, 0.15) is 50.0 Å². The van der Waals surface area contributed by atoms with Crippen LogP contribution in [-0.4, -0.2) is 43.5 Å². The maximum absolute atomic E-state index is 12.6. The van der Waals surface area contributed by atoms with Gasteiger partial charge in [-0.2, -0.15) is 0 Å². The van der Waals surface area contributed by atoms with Crippen LogP contribution in [0.3, 0.4) is 0 Å². The van der Waals surface area contributed by atoms with Crippen LogP contribution < -0.4 is 10.2 Å². The average Bonchev–Trinajstić information content (AvgIpc) is 3.04. The van der Waals surface area contributed by atoms with Crippen molar-refractivity contribution in [2.75, 3.05) is 42.9 Å². The van der Waals surface area contributed by atoms with E-state index in [0.29, 0.717) is 12.5 Å². The second-order valence-corrected chi connectivity index (χ2v) is 9.06. The average molecular weight is 426 g/mol. The van der Waals surface area contributed by atoms with Crippen molar-refractivity contribution in [1.29, 1.82) is 0 Å². The third-order valence-electron chi connectivity index (χ3n) is 6.32. The van der Waals surface area contributed by atoms with E-state index < -0.39 is 0 Å². The molecule has 4 rings (SSSR count). The van der Waals surface area contributed by atoms with Gasteiger partial charge < -0.3 is 10.2 Å². The lowest BCUT2D eigenvalue weighted by molar-refractivity contribution is -0.117. The van der Waals surface area contributed by atoms with Crippen molar-refractivity contribution in [2.24, 2.45) is 0 Å². The maximum Gasteiger partial charge on any atom is 0.238 e. The Labute approximate surface area is 185 Å². The molecule has 160 valence electrons. The summed E-state index contributed by atoms with van der Waals surface area (Å²) in [6, 6.07) is 16.5. The zero-order chi connectivity index (χ0) is 20.8. The zero-order valence-electron chi connectivity index (χ0n) is 17.7. The Hall–Kier alpha value is -2.04. The number of carbonyl (C=O) groups is 1. The molecule has 0 spiro atoms. The van der Waals surface area contributed by atoms with Gasteiger partial charge in [-0.1, -0.05) is 36.6 Å². The number of hydrogen-bond acceptors (Lipinski definition) is 3. The van der Waals surface area contributed by atoms with Gasteiger partial charge in [0.15, 0.2) is 0 Å². The molecule has 30 heavy (non-hydrogen) atoms. The lowest BCUT2D eigenvalue weighted by Crippen LogP contribution is -2.39. The highest BCUT2D eigenvalue weighted by Crippen LogP contribution is 2.28. The van der Waals surface area contributed by atoms with Crippen molar-refractivity contribution in [2.45, 2.75) is 44.4 Å². The van der Waals surface area contributed by atoms with Crippen LogP contribution in [-0.2, 0) is 4.79 Å². The first-order valence-corrected chi connectivity index (χ1v) is 11.7. The number of nitrogens with one attached hydrogen (secondary N) is 1. The van der Waals surface area contributed by atoms with Crippen molar-refractivity contribution >= 4 is 28.9 Å². The van der Waals surface area contributed by atoms with E-state index in [1.165, 1.54) is 36.9 Å². The van der Waals surface area contributed by atoms with E-state index in [1.54, 1.807) is 0 Å². The SMILES string of the molecule is O=C(CN1CCCC(c2cccc(Cl)c2)C1)Nc1ccc(N2CCCCCC2)cc1. The van der Waals surface area contributed by atoms with Crippen molar-refractivity contribution in [3.63, 3.8) is 0 Å². The van der Waals surface area contributed by atoms with Gasteiger partial charge >= 0.3 is 0 Å². The Balaban J connectivity index is 1.29. The molecule has 2 heterocycles. The van der Waals surface area contributed by atoms with Crippen LogP contribution >= 0.6 is 11.6 Å². The van der Waals surface area contributed by atoms with Gasteiger partial charge in [-0.3, -0.25) is 9.69 Å². The molecule has 2 aromatic rings. The molecule has 1 unspecified atom stereocenters. The molecule has 0 aromatic heterocycles. The Kier molecular flexibility index (Phi) is 7.29. The van der Waals surface area contributed by atoms with E-state index >= 15 is 0 Å². The molecule has 2 fully saturated rings. The van der Waals surface area contributed by atoms with E-state index in [0.717, 1.165) is 49.7 Å². The summed E-state index contributed by atoms with van der Waals surface area (Å²) in [6.07, 6.45) is 7.46. The molecule has 2 aliphatic heterocycles. The maximum atomic E-state index is 12.6. The van der Waals surface area contributed by atoms with Gasteiger partial charge in [0.1, 0.15) is 0 Å². The Morgan fingerprint density at radius 3 is 2.47 bits per heavy atom. The molecular weight excluding hydrogens is 394 g/mol. The lowest BCUT2D eigenvalue weighted by atomic mass is 9.90. The number of amides is 1. The summed E-state index contributed by atoms with van der Waals surface area (Å²) in [7, 11) is 0. The first-order valence-electron chi connectivity index (χ1n) is 11.3. The predicted molar refractivity (Wildman–Crippen MR) is 126 cm³/mol. The molecule has 2 aromatic carbocycles.